The van der Waals surface area contributed by atoms with Crippen molar-refractivity contribution in [3.05, 3.63) is 35.9 Å². The van der Waals surface area contributed by atoms with Crippen molar-refractivity contribution < 1.29 is 13.2 Å². The fraction of sp³-hybridized carbons (Fsp3) is 0.625. The van der Waals surface area contributed by atoms with Gasteiger partial charge in [-0.1, -0.05) is 30.3 Å². The predicted molar refractivity (Wildman–Crippen MR) is 78.4 cm³/mol. The summed E-state index contributed by atoms with van der Waals surface area (Å²) in [6.45, 7) is 2.57. The van der Waals surface area contributed by atoms with Crippen molar-refractivity contribution in [2.75, 3.05) is 33.2 Å². The average Bonchev–Trinajstić information content (AvgIpc) is 2.46. The number of benzene rings is 1. The molecule has 2 rings (SSSR count). The molecule has 0 atom stereocenters. The van der Waals surface area contributed by atoms with Crippen LogP contribution >= 0.6 is 0 Å². The zero-order chi connectivity index (χ0) is 15.3. The van der Waals surface area contributed by atoms with Crippen LogP contribution in [0.2, 0.25) is 0 Å². The largest absolute Gasteiger partial charge is 0.390 e. The summed E-state index contributed by atoms with van der Waals surface area (Å²) in [6.07, 6.45) is -2.89. The number of hydrogen-bond donors (Lipinski definition) is 1. The molecule has 118 valence electrons. The highest BCUT2D eigenvalue weighted by Crippen LogP contribution is 2.34. The molecule has 0 radical (unpaired) electrons. The second-order valence-corrected chi connectivity index (χ2v) is 6.00. The van der Waals surface area contributed by atoms with Crippen LogP contribution < -0.4 is 5.32 Å². The molecule has 0 spiro atoms. The minimum atomic E-state index is -4.08. The predicted octanol–water partition coefficient (Wildman–Crippen LogP) is 3.19. The van der Waals surface area contributed by atoms with E-state index in [1.807, 2.05) is 23.1 Å². The average molecular weight is 300 g/mol. The van der Waals surface area contributed by atoms with Gasteiger partial charge in [0, 0.05) is 18.5 Å². The van der Waals surface area contributed by atoms with Crippen LogP contribution in [-0.2, 0) is 5.41 Å². The van der Waals surface area contributed by atoms with E-state index < -0.39 is 12.6 Å². The van der Waals surface area contributed by atoms with Crippen LogP contribution in [0.1, 0.15) is 24.8 Å². The first kappa shape index (κ1) is 16.3. The van der Waals surface area contributed by atoms with E-state index in [-0.39, 0.29) is 12.0 Å². The Morgan fingerprint density at radius 2 is 1.76 bits per heavy atom. The zero-order valence-corrected chi connectivity index (χ0v) is 12.4. The summed E-state index contributed by atoms with van der Waals surface area (Å²) in [5.74, 6) is 0. The summed E-state index contributed by atoms with van der Waals surface area (Å²) >= 11 is 0. The molecule has 0 bridgehead atoms. The maximum absolute atomic E-state index is 12.4. The van der Waals surface area contributed by atoms with E-state index in [9.17, 15) is 13.2 Å². The third-order valence-corrected chi connectivity index (χ3v) is 4.30. The first-order valence-corrected chi connectivity index (χ1v) is 7.43. The number of nitrogens with zero attached hydrogens (tertiary/aromatic N) is 1. The van der Waals surface area contributed by atoms with Crippen molar-refractivity contribution in [2.45, 2.75) is 30.9 Å². The second kappa shape index (κ2) is 6.79. The number of likely N-dealkylation sites (N-methyl/N-ethyl adjacent to an activating group) is 1. The van der Waals surface area contributed by atoms with Crippen LogP contribution in [0.15, 0.2) is 30.3 Å². The number of alkyl halides is 3. The van der Waals surface area contributed by atoms with Gasteiger partial charge in [-0.15, -0.1) is 0 Å². The lowest BCUT2D eigenvalue weighted by Crippen LogP contribution is -2.47. The number of rotatable bonds is 5. The number of hydrogen-bond acceptors (Lipinski definition) is 2. The van der Waals surface area contributed by atoms with Crippen LogP contribution in [-0.4, -0.2) is 44.3 Å². The Kier molecular flexibility index (Phi) is 5.27. The van der Waals surface area contributed by atoms with E-state index in [4.69, 9.17) is 0 Å². The smallest absolute Gasteiger partial charge is 0.317 e. The van der Waals surface area contributed by atoms with Gasteiger partial charge in [-0.05, 0) is 38.5 Å². The molecule has 2 nitrogen and oxygen atoms in total. The normalized spacial score (nSPS) is 18.9. The Hall–Kier alpha value is -1.07. The molecule has 0 aromatic heterocycles. The maximum Gasteiger partial charge on any atom is 0.390 e. The van der Waals surface area contributed by atoms with Gasteiger partial charge in [0.25, 0.3) is 0 Å². The van der Waals surface area contributed by atoms with E-state index in [1.54, 1.807) is 7.05 Å². The van der Waals surface area contributed by atoms with Gasteiger partial charge < -0.3 is 10.2 Å². The minimum Gasteiger partial charge on any atom is -0.317 e. The Bertz CT molecular complexity index is 425. The fourth-order valence-electron chi connectivity index (χ4n) is 3.15. The van der Waals surface area contributed by atoms with Crippen molar-refractivity contribution >= 4 is 0 Å². The molecule has 21 heavy (non-hydrogen) atoms. The minimum absolute atomic E-state index is 0.0349. The molecule has 1 aliphatic heterocycles. The molecule has 1 saturated heterocycles. The Balaban J connectivity index is 2.07. The third kappa shape index (κ3) is 4.71. The van der Waals surface area contributed by atoms with Gasteiger partial charge in [0.2, 0.25) is 0 Å². The summed E-state index contributed by atoms with van der Waals surface area (Å²) < 4.78 is 37.1. The number of halogens is 3. The highest BCUT2D eigenvalue weighted by Gasteiger charge is 2.35. The fourth-order valence-corrected chi connectivity index (χ4v) is 3.15. The molecule has 1 aliphatic rings. The quantitative estimate of drug-likeness (QED) is 0.898. The first-order chi connectivity index (χ1) is 9.91. The van der Waals surface area contributed by atoms with E-state index in [0.717, 1.165) is 25.9 Å². The van der Waals surface area contributed by atoms with Crippen LogP contribution in [0.5, 0.6) is 0 Å². The lowest BCUT2D eigenvalue weighted by atomic mass is 9.73. The Labute approximate surface area is 124 Å². The van der Waals surface area contributed by atoms with Gasteiger partial charge in [-0.2, -0.15) is 13.2 Å². The highest BCUT2D eigenvalue weighted by atomic mass is 19.4. The molecule has 1 fully saturated rings. The van der Waals surface area contributed by atoms with Gasteiger partial charge in [0.15, 0.2) is 0 Å². The van der Waals surface area contributed by atoms with Crippen LogP contribution in [0.25, 0.3) is 0 Å². The summed E-state index contributed by atoms with van der Waals surface area (Å²) in [5.41, 5.74) is 1.21. The molecule has 0 amide bonds. The third-order valence-electron chi connectivity index (χ3n) is 4.30. The van der Waals surface area contributed by atoms with E-state index in [2.05, 4.69) is 17.4 Å². The first-order valence-electron chi connectivity index (χ1n) is 7.43. The van der Waals surface area contributed by atoms with Crippen molar-refractivity contribution in [2.24, 2.45) is 0 Å². The van der Waals surface area contributed by atoms with Crippen molar-refractivity contribution in [3.8, 4) is 0 Å². The molecule has 0 aliphatic carbocycles. The molecular formula is C16H23F3N2. The number of piperidine rings is 1. The van der Waals surface area contributed by atoms with Crippen LogP contribution in [0.4, 0.5) is 13.2 Å². The van der Waals surface area contributed by atoms with Gasteiger partial charge in [-0.25, -0.2) is 0 Å². The maximum atomic E-state index is 12.4. The zero-order valence-electron chi connectivity index (χ0n) is 12.4. The SMILES string of the molecule is CN(CCC(F)(F)F)CC1(c2ccccc2)CCNCC1. The lowest BCUT2D eigenvalue weighted by Gasteiger charge is -2.41. The molecule has 0 unspecified atom stereocenters. The second-order valence-electron chi connectivity index (χ2n) is 6.00. The van der Waals surface area contributed by atoms with E-state index >= 15 is 0 Å². The van der Waals surface area contributed by atoms with Crippen molar-refractivity contribution in [1.82, 2.24) is 10.2 Å². The van der Waals surface area contributed by atoms with Crippen LogP contribution in [0.3, 0.4) is 0 Å². The standard InChI is InChI=1S/C16H23F3N2/c1-21(12-9-16(17,18)19)13-15(7-10-20-11-8-15)14-5-3-2-4-6-14/h2-6,20H,7-13H2,1H3. The molecule has 1 heterocycles. The summed E-state index contributed by atoms with van der Waals surface area (Å²) in [6, 6.07) is 10.2. The molecular weight excluding hydrogens is 277 g/mol. The number of nitrogens with one attached hydrogen (secondary N) is 1. The van der Waals surface area contributed by atoms with Crippen molar-refractivity contribution in [1.29, 1.82) is 0 Å². The lowest BCUT2D eigenvalue weighted by molar-refractivity contribution is -0.137. The topological polar surface area (TPSA) is 15.3 Å². The Morgan fingerprint density at radius 3 is 2.33 bits per heavy atom. The van der Waals surface area contributed by atoms with Gasteiger partial charge >= 0.3 is 6.18 Å². The Morgan fingerprint density at radius 1 is 1.14 bits per heavy atom. The monoisotopic (exact) mass is 300 g/mol. The van der Waals surface area contributed by atoms with Gasteiger partial charge in [0.1, 0.15) is 0 Å². The molecule has 1 N–H and O–H groups in total. The van der Waals surface area contributed by atoms with Crippen molar-refractivity contribution in [3.63, 3.8) is 0 Å². The summed E-state index contributed by atoms with van der Waals surface area (Å²) in [5, 5.41) is 3.34. The van der Waals surface area contributed by atoms with Gasteiger partial charge in [0.05, 0.1) is 6.42 Å². The van der Waals surface area contributed by atoms with E-state index in [1.165, 1.54) is 5.56 Å². The van der Waals surface area contributed by atoms with Gasteiger partial charge in [-0.3, -0.25) is 0 Å². The summed E-state index contributed by atoms with van der Waals surface area (Å²) in [7, 11) is 1.79. The molecule has 0 saturated carbocycles. The highest BCUT2D eigenvalue weighted by molar-refractivity contribution is 5.27. The molecule has 1 aromatic rings. The summed E-state index contributed by atoms with van der Waals surface area (Å²) in [4.78, 5) is 1.83. The molecule has 5 heteroatoms. The van der Waals surface area contributed by atoms with E-state index in [0.29, 0.717) is 6.54 Å². The van der Waals surface area contributed by atoms with Crippen LogP contribution in [0, 0.1) is 0 Å². The molecule has 1 aromatic carbocycles.